The molecule has 0 amide bonds. The predicted molar refractivity (Wildman–Crippen MR) is 183 cm³/mol. The van der Waals surface area contributed by atoms with Gasteiger partial charge in [0.1, 0.15) is 12.0 Å². The number of nitrogens with zero attached hydrogens (tertiary/aromatic N) is 7. The van der Waals surface area contributed by atoms with Crippen LogP contribution >= 0.6 is 0 Å². The average Bonchev–Trinajstić information content (AvgIpc) is 3.52. The smallest absolute Gasteiger partial charge is 0.217 e. The largest absolute Gasteiger partial charge is 0.390 e. The predicted octanol–water partition coefficient (Wildman–Crippen LogP) is 5.69. The van der Waals surface area contributed by atoms with Crippen molar-refractivity contribution in [3.05, 3.63) is 109 Å². The van der Waals surface area contributed by atoms with Gasteiger partial charge in [-0.1, -0.05) is 62.0 Å². The van der Waals surface area contributed by atoms with Crippen molar-refractivity contribution in [2.45, 2.75) is 13.8 Å². The van der Waals surface area contributed by atoms with Gasteiger partial charge in [-0.2, -0.15) is 0 Å². The zero-order valence-electron chi connectivity index (χ0n) is 25.6. The standard InChI is InChI=1S/C10H13N3.C10H8N2O.C7H8N2.C5H13NO2.CH4/c1-13(2)9-11-8-12-10-6-4-3-5-7-10;13-7-10-6-11-8-12(10)9-4-2-1-3-5-9;8-6-9-7-4-2-1-3-5-7;1-6(2)5(7-3)8-4;/h3-9H,1-2H3;1-8H;1-6H,(H2,8,9);5H,1-4H3;1H4. The molecule has 236 valence electrons. The molecule has 44 heavy (non-hydrogen) atoms. The summed E-state index contributed by atoms with van der Waals surface area (Å²) < 4.78 is 11.5. The van der Waals surface area contributed by atoms with Crippen molar-refractivity contribution in [1.29, 1.82) is 0 Å². The summed E-state index contributed by atoms with van der Waals surface area (Å²) in [6.07, 6.45) is 8.27. The Hall–Kier alpha value is -4.97. The van der Waals surface area contributed by atoms with E-state index >= 15 is 0 Å². The van der Waals surface area contributed by atoms with Crippen molar-refractivity contribution in [2.75, 3.05) is 42.4 Å². The molecule has 0 aliphatic heterocycles. The van der Waals surface area contributed by atoms with Crippen LogP contribution in [-0.2, 0) is 9.47 Å². The fourth-order valence-corrected chi connectivity index (χ4v) is 3.09. The maximum Gasteiger partial charge on any atom is 0.217 e. The first-order valence-corrected chi connectivity index (χ1v) is 13.2. The van der Waals surface area contributed by atoms with Crippen LogP contribution in [0.25, 0.3) is 5.69 Å². The Morgan fingerprint density at radius 2 is 1.32 bits per heavy atom. The summed E-state index contributed by atoms with van der Waals surface area (Å²) >= 11 is 0. The maximum atomic E-state index is 10.6. The van der Waals surface area contributed by atoms with E-state index in [1.165, 1.54) is 12.7 Å². The highest BCUT2D eigenvalue weighted by atomic mass is 16.7. The van der Waals surface area contributed by atoms with E-state index in [0.29, 0.717) is 5.69 Å². The number of carbonyl (C=O) groups excluding carboxylic acids is 1. The molecule has 0 aliphatic rings. The second-order valence-electron chi connectivity index (χ2n) is 8.81. The third-order valence-electron chi connectivity index (χ3n) is 4.95. The number of benzene rings is 3. The van der Waals surface area contributed by atoms with Crippen LogP contribution in [0.4, 0.5) is 11.4 Å². The molecule has 0 fully saturated rings. The summed E-state index contributed by atoms with van der Waals surface area (Å²) in [6, 6.07) is 28.9. The zero-order chi connectivity index (χ0) is 31.7. The van der Waals surface area contributed by atoms with Gasteiger partial charge in [-0.3, -0.25) is 14.3 Å². The summed E-state index contributed by atoms with van der Waals surface area (Å²) in [5.41, 5.74) is 8.38. The number of hydrogen-bond acceptors (Lipinski definition) is 7. The molecular weight excluding hydrogens is 556 g/mol. The van der Waals surface area contributed by atoms with Crippen LogP contribution in [0.2, 0.25) is 0 Å². The van der Waals surface area contributed by atoms with Gasteiger partial charge in [-0.15, -0.1) is 0 Å². The Balaban J connectivity index is 0.000000569. The lowest BCUT2D eigenvalue weighted by Crippen LogP contribution is -2.30. The molecule has 0 spiro atoms. The summed E-state index contributed by atoms with van der Waals surface area (Å²) in [6.45, 7) is 0. The van der Waals surface area contributed by atoms with Crippen molar-refractivity contribution in [3.8, 4) is 5.69 Å². The molecule has 0 saturated heterocycles. The van der Waals surface area contributed by atoms with E-state index in [-0.39, 0.29) is 13.8 Å². The van der Waals surface area contributed by atoms with Crippen molar-refractivity contribution in [1.82, 2.24) is 19.4 Å². The average molecular weight is 603 g/mol. The molecule has 2 N–H and O–H groups in total. The van der Waals surface area contributed by atoms with Crippen LogP contribution in [0.5, 0.6) is 0 Å². The summed E-state index contributed by atoms with van der Waals surface area (Å²) in [4.78, 5) is 30.2. The molecule has 11 heteroatoms. The van der Waals surface area contributed by atoms with Gasteiger partial charge >= 0.3 is 0 Å². The van der Waals surface area contributed by atoms with Crippen LogP contribution in [0.15, 0.2) is 118 Å². The lowest BCUT2D eigenvalue weighted by molar-refractivity contribution is -0.179. The number of rotatable bonds is 9. The number of ether oxygens (including phenoxy) is 2. The fourth-order valence-electron chi connectivity index (χ4n) is 3.09. The molecule has 0 saturated carbocycles. The highest BCUT2D eigenvalue weighted by Gasteiger charge is 2.04. The Labute approximate surface area is 262 Å². The summed E-state index contributed by atoms with van der Waals surface area (Å²) in [5.74, 6) is 0. The van der Waals surface area contributed by atoms with E-state index in [1.54, 1.807) is 37.6 Å². The number of carbonyl (C=O) groups is 1. The van der Waals surface area contributed by atoms with Gasteiger partial charge in [0.25, 0.3) is 0 Å². The van der Waals surface area contributed by atoms with Gasteiger partial charge in [0.05, 0.1) is 36.6 Å². The molecule has 1 aromatic heterocycles. The Bertz CT molecular complexity index is 1320. The zero-order valence-corrected chi connectivity index (χ0v) is 25.6. The first-order valence-electron chi connectivity index (χ1n) is 13.2. The van der Waals surface area contributed by atoms with E-state index in [9.17, 15) is 4.79 Å². The van der Waals surface area contributed by atoms with Gasteiger partial charge in [-0.25, -0.2) is 20.0 Å². The van der Waals surface area contributed by atoms with E-state index in [0.717, 1.165) is 23.3 Å². The molecule has 3 aromatic carbocycles. The summed E-state index contributed by atoms with van der Waals surface area (Å²) in [5, 5.41) is 0. The van der Waals surface area contributed by atoms with Gasteiger partial charge in [0.2, 0.25) is 6.41 Å². The number of hydrogen-bond donors (Lipinski definition) is 1. The minimum absolute atomic E-state index is 0. The highest BCUT2D eigenvalue weighted by Crippen LogP contribution is 2.09. The second kappa shape index (κ2) is 24.6. The van der Waals surface area contributed by atoms with Crippen LogP contribution in [0.1, 0.15) is 17.9 Å². The Morgan fingerprint density at radius 3 is 1.73 bits per heavy atom. The van der Waals surface area contributed by atoms with Gasteiger partial charge in [-0.05, 0) is 50.5 Å². The molecule has 4 rings (SSSR count). The molecular formula is C33H46N8O3. The number of para-hydroxylation sites is 3. The molecule has 0 radical (unpaired) electrons. The molecule has 1 heterocycles. The lowest BCUT2D eigenvalue weighted by Gasteiger charge is -2.19. The lowest BCUT2D eigenvalue weighted by atomic mass is 10.3. The van der Waals surface area contributed by atoms with Crippen molar-refractivity contribution < 1.29 is 14.3 Å². The van der Waals surface area contributed by atoms with Crippen LogP contribution in [0.3, 0.4) is 0 Å². The van der Waals surface area contributed by atoms with E-state index < -0.39 is 0 Å². The number of aldehydes is 1. The van der Waals surface area contributed by atoms with Gasteiger partial charge in [0.15, 0.2) is 6.29 Å². The SMILES string of the molecule is C.CN(C)C=NC=Nc1ccccc1.COC(OC)N(C)C.NC=Nc1ccccc1.O=Cc1cncn1-c1ccccc1. The molecule has 0 aliphatic carbocycles. The second-order valence-corrected chi connectivity index (χ2v) is 8.81. The minimum Gasteiger partial charge on any atom is -0.390 e. The van der Waals surface area contributed by atoms with Crippen LogP contribution in [0, 0.1) is 0 Å². The molecule has 0 unspecified atom stereocenters. The highest BCUT2D eigenvalue weighted by molar-refractivity contribution is 5.73. The first-order chi connectivity index (χ1) is 20.9. The van der Waals surface area contributed by atoms with E-state index in [4.69, 9.17) is 15.2 Å². The molecule has 0 bridgehead atoms. The maximum absolute atomic E-state index is 10.6. The number of imidazole rings is 1. The number of aromatic nitrogens is 2. The van der Waals surface area contributed by atoms with Crippen molar-refractivity contribution >= 4 is 36.7 Å². The topological polar surface area (TPSA) is 123 Å². The molecule has 11 nitrogen and oxygen atoms in total. The first kappa shape index (κ1) is 39.0. The molecule has 0 atom stereocenters. The van der Waals surface area contributed by atoms with Gasteiger partial charge < -0.3 is 20.1 Å². The Morgan fingerprint density at radius 1 is 0.818 bits per heavy atom. The monoisotopic (exact) mass is 602 g/mol. The van der Waals surface area contributed by atoms with E-state index in [1.807, 2.05) is 129 Å². The number of methoxy groups -OCH3 is 2. The fraction of sp³-hybridized carbons (Fsp3) is 0.242. The third-order valence-corrected chi connectivity index (χ3v) is 4.95. The summed E-state index contributed by atoms with van der Waals surface area (Å²) in [7, 11) is 10.8. The Kier molecular flexibility index (Phi) is 21.8. The van der Waals surface area contributed by atoms with Crippen molar-refractivity contribution in [3.63, 3.8) is 0 Å². The van der Waals surface area contributed by atoms with Crippen LogP contribution in [-0.4, -0.2) is 93.5 Å². The normalized spacial score (nSPS) is 10.4. The van der Waals surface area contributed by atoms with Crippen LogP contribution < -0.4 is 5.73 Å². The van der Waals surface area contributed by atoms with Crippen molar-refractivity contribution in [2.24, 2.45) is 20.7 Å². The number of nitrogens with two attached hydrogens (primary N) is 1. The van der Waals surface area contributed by atoms with Gasteiger partial charge in [0, 0.05) is 34.0 Å². The third kappa shape index (κ3) is 17.1. The quantitative estimate of drug-likeness (QED) is 0.113. The number of aliphatic imine (C=N–C) groups is 3. The minimum atomic E-state index is -0.213. The van der Waals surface area contributed by atoms with E-state index in [2.05, 4.69) is 20.0 Å². The molecule has 4 aromatic rings.